The van der Waals surface area contributed by atoms with E-state index < -0.39 is 5.97 Å². The van der Waals surface area contributed by atoms with Crippen LogP contribution in [0.1, 0.15) is 37.0 Å². The van der Waals surface area contributed by atoms with Gasteiger partial charge < -0.3 is 14.6 Å². The summed E-state index contributed by atoms with van der Waals surface area (Å²) in [5.74, 6) is 0.492. The minimum atomic E-state index is -0.798. The van der Waals surface area contributed by atoms with E-state index in [1.165, 1.54) is 0 Å². The Morgan fingerprint density at radius 2 is 1.41 bits per heavy atom. The van der Waals surface area contributed by atoms with Crippen LogP contribution in [0.3, 0.4) is 0 Å². The van der Waals surface area contributed by atoms with Gasteiger partial charge in [0.05, 0.1) is 12.1 Å². The summed E-state index contributed by atoms with van der Waals surface area (Å²) in [7, 11) is 0. The molecule has 186 valence electrons. The maximum absolute atomic E-state index is 11.2. The maximum atomic E-state index is 11.2. The van der Waals surface area contributed by atoms with Gasteiger partial charge in [-0.2, -0.15) is 0 Å². The molecule has 0 spiro atoms. The molecular weight excluding hydrogens is 464 g/mol. The van der Waals surface area contributed by atoms with Crippen LogP contribution in [-0.2, 0) is 20.7 Å². The van der Waals surface area contributed by atoms with E-state index >= 15 is 0 Å². The van der Waals surface area contributed by atoms with Gasteiger partial charge in [0.15, 0.2) is 0 Å². The van der Waals surface area contributed by atoms with Gasteiger partial charge in [0.1, 0.15) is 13.2 Å². The molecule has 0 aromatic heterocycles. The number of carbonyl (C=O) groups is 1. The Hall–Kier alpha value is -4.19. The lowest BCUT2D eigenvalue weighted by Crippen LogP contribution is -2.09. The first kappa shape index (κ1) is 23.2. The third-order valence-corrected chi connectivity index (χ3v) is 6.95. The number of aliphatic carboxylic acids is 1. The van der Waals surface area contributed by atoms with Crippen LogP contribution in [0.5, 0.6) is 0 Å². The van der Waals surface area contributed by atoms with E-state index in [-0.39, 0.29) is 18.5 Å². The molecule has 2 heterocycles. The van der Waals surface area contributed by atoms with Crippen molar-refractivity contribution in [1.82, 2.24) is 0 Å². The number of hydrogen-bond donors (Lipinski definition) is 1. The van der Waals surface area contributed by atoms with Crippen molar-refractivity contribution < 1.29 is 19.4 Å². The maximum Gasteiger partial charge on any atom is 0.303 e. The van der Waals surface area contributed by atoms with Gasteiger partial charge in [-0.15, -0.1) is 0 Å². The Kier molecular flexibility index (Phi) is 5.87. The molecular formula is C31H28N2O4. The summed E-state index contributed by atoms with van der Waals surface area (Å²) in [4.78, 5) is 20.8. The van der Waals surface area contributed by atoms with E-state index in [2.05, 4.69) is 61.5 Å². The van der Waals surface area contributed by atoms with Crippen molar-refractivity contribution in [3.8, 4) is 11.1 Å². The topological polar surface area (TPSA) is 80.5 Å². The molecule has 2 aliphatic heterocycles. The number of hydrogen-bond acceptors (Lipinski definition) is 5. The highest BCUT2D eigenvalue weighted by molar-refractivity contribution is 6.19. The molecule has 0 radical (unpaired) electrons. The number of nitrogens with zero attached hydrogens (tertiary/aromatic N) is 2. The second-order valence-electron chi connectivity index (χ2n) is 9.84. The van der Waals surface area contributed by atoms with Crippen LogP contribution >= 0.6 is 0 Å². The Morgan fingerprint density at radius 3 is 2.00 bits per heavy atom. The van der Waals surface area contributed by atoms with Crippen molar-refractivity contribution in [1.29, 1.82) is 0 Å². The van der Waals surface area contributed by atoms with Gasteiger partial charge in [0, 0.05) is 28.7 Å². The molecule has 0 unspecified atom stereocenters. The molecule has 2 aliphatic rings. The van der Waals surface area contributed by atoms with Crippen LogP contribution in [-0.4, -0.2) is 48.2 Å². The van der Waals surface area contributed by atoms with Gasteiger partial charge >= 0.3 is 5.97 Å². The molecule has 4 aromatic rings. The van der Waals surface area contributed by atoms with Gasteiger partial charge in [0.2, 0.25) is 11.8 Å². The summed E-state index contributed by atoms with van der Waals surface area (Å²) in [5, 5.41) is 13.5. The van der Waals surface area contributed by atoms with Crippen LogP contribution in [0.25, 0.3) is 32.7 Å². The molecule has 2 atom stereocenters. The largest absolute Gasteiger partial charge is 0.481 e. The number of aryl methyl sites for hydroxylation is 1. The minimum absolute atomic E-state index is 0.0901. The third-order valence-electron chi connectivity index (χ3n) is 6.95. The normalized spacial score (nSPS) is 19.0. The van der Waals surface area contributed by atoms with Crippen molar-refractivity contribution in [3.05, 3.63) is 83.4 Å². The molecule has 37 heavy (non-hydrogen) atoms. The number of carboxylic acid groups (broad SMARTS) is 1. The number of aliphatic imine (C=N–C) groups is 2. The summed E-state index contributed by atoms with van der Waals surface area (Å²) >= 11 is 0. The standard InChI is InChI=1S/C31H28N2O4/c1-18-16-36-30(32-18)25-12-9-21-5-3-4-6-23(21)28(25)29-24-11-7-20(8-14-27(34)35)15-22(24)10-13-26(29)31-33-19(2)17-37-31/h3-7,9-13,15,18-19H,8,14,16-17H2,1-2H3,(H,34,35)/t18-,19-/m0/s1. The zero-order chi connectivity index (χ0) is 25.5. The molecule has 0 saturated carbocycles. The van der Waals surface area contributed by atoms with Crippen LogP contribution in [0.2, 0.25) is 0 Å². The first-order valence-electron chi connectivity index (χ1n) is 12.7. The number of carboxylic acids is 1. The molecule has 6 nitrogen and oxygen atoms in total. The lowest BCUT2D eigenvalue weighted by molar-refractivity contribution is -0.136. The molecule has 4 aromatic carbocycles. The average Bonchev–Trinajstić information content (AvgIpc) is 3.54. The quantitative estimate of drug-likeness (QED) is 0.358. The zero-order valence-electron chi connectivity index (χ0n) is 20.9. The molecule has 0 aliphatic carbocycles. The van der Waals surface area contributed by atoms with E-state index in [0.29, 0.717) is 31.4 Å². The van der Waals surface area contributed by atoms with E-state index in [4.69, 9.17) is 24.6 Å². The summed E-state index contributed by atoms with van der Waals surface area (Å²) in [6, 6.07) is 23.1. The third kappa shape index (κ3) is 4.33. The second kappa shape index (κ2) is 9.36. The van der Waals surface area contributed by atoms with E-state index in [0.717, 1.165) is 49.4 Å². The Morgan fingerprint density at radius 1 is 0.811 bits per heavy atom. The van der Waals surface area contributed by atoms with Gasteiger partial charge in [0.25, 0.3) is 0 Å². The van der Waals surface area contributed by atoms with Crippen LogP contribution in [0, 0.1) is 0 Å². The highest BCUT2D eigenvalue weighted by Gasteiger charge is 2.27. The lowest BCUT2D eigenvalue weighted by atomic mass is 9.86. The van der Waals surface area contributed by atoms with Gasteiger partial charge in [-0.1, -0.05) is 54.6 Å². The fourth-order valence-corrected chi connectivity index (χ4v) is 5.20. The summed E-state index contributed by atoms with van der Waals surface area (Å²) < 4.78 is 12.1. The van der Waals surface area contributed by atoms with Gasteiger partial charge in [-0.25, -0.2) is 9.98 Å². The number of rotatable bonds is 6. The highest BCUT2D eigenvalue weighted by Crippen LogP contribution is 2.41. The molecule has 0 amide bonds. The Labute approximate surface area is 215 Å². The van der Waals surface area contributed by atoms with Crippen molar-refractivity contribution >= 4 is 39.3 Å². The SMILES string of the molecule is C[C@H]1COC(c2ccc3ccccc3c2-c2c(C3=N[C@@H](C)CO3)ccc3cc(CCC(=O)O)ccc23)=N1. The van der Waals surface area contributed by atoms with Crippen molar-refractivity contribution in [2.24, 2.45) is 9.98 Å². The van der Waals surface area contributed by atoms with Crippen LogP contribution in [0.15, 0.2) is 76.7 Å². The van der Waals surface area contributed by atoms with Crippen molar-refractivity contribution in [3.63, 3.8) is 0 Å². The molecule has 0 saturated heterocycles. The summed E-state index contributed by atoms with van der Waals surface area (Å²) in [5.41, 5.74) is 4.92. The van der Waals surface area contributed by atoms with Gasteiger partial charge in [-0.05, 0) is 59.5 Å². The van der Waals surface area contributed by atoms with Crippen LogP contribution < -0.4 is 0 Å². The number of benzene rings is 4. The fraction of sp³-hybridized carbons (Fsp3) is 0.258. The molecule has 6 rings (SSSR count). The lowest BCUT2D eigenvalue weighted by Gasteiger charge is -2.19. The predicted octanol–water partition coefficient (Wildman–Crippen LogP) is 6.01. The summed E-state index contributed by atoms with van der Waals surface area (Å²) in [6.45, 7) is 5.22. The minimum Gasteiger partial charge on any atom is -0.481 e. The highest BCUT2D eigenvalue weighted by atomic mass is 16.5. The average molecular weight is 493 g/mol. The van der Waals surface area contributed by atoms with Crippen LogP contribution in [0.4, 0.5) is 0 Å². The molecule has 6 heteroatoms. The Balaban J connectivity index is 1.67. The smallest absolute Gasteiger partial charge is 0.303 e. The first-order chi connectivity index (χ1) is 18.0. The van der Waals surface area contributed by atoms with E-state index in [1.54, 1.807) is 0 Å². The number of ether oxygens (including phenoxy) is 2. The van der Waals surface area contributed by atoms with Crippen molar-refractivity contribution in [2.45, 2.75) is 38.8 Å². The van der Waals surface area contributed by atoms with E-state index in [1.807, 2.05) is 19.1 Å². The first-order valence-corrected chi connectivity index (χ1v) is 12.7. The predicted molar refractivity (Wildman–Crippen MR) is 147 cm³/mol. The molecule has 0 bridgehead atoms. The van der Waals surface area contributed by atoms with E-state index in [9.17, 15) is 4.79 Å². The molecule has 0 fully saturated rings. The number of fused-ring (bicyclic) bond motifs is 2. The Bertz CT molecular complexity index is 1600. The second-order valence-corrected chi connectivity index (χ2v) is 9.84. The molecule has 1 N–H and O–H groups in total. The summed E-state index contributed by atoms with van der Waals surface area (Å²) in [6.07, 6.45) is 0.583. The van der Waals surface area contributed by atoms with Gasteiger partial charge in [-0.3, -0.25) is 4.79 Å². The fourth-order valence-electron chi connectivity index (χ4n) is 5.20. The zero-order valence-corrected chi connectivity index (χ0v) is 20.9. The van der Waals surface area contributed by atoms with Crippen molar-refractivity contribution in [2.75, 3.05) is 13.2 Å². The monoisotopic (exact) mass is 492 g/mol.